The molecule has 0 bridgehead atoms. The van der Waals surface area contributed by atoms with Gasteiger partial charge in [0.15, 0.2) is 11.5 Å². The molecule has 0 aliphatic heterocycles. The first kappa shape index (κ1) is 30.7. The third-order valence-corrected chi connectivity index (χ3v) is 7.37. The van der Waals surface area contributed by atoms with Crippen LogP contribution in [-0.2, 0) is 17.5 Å². The van der Waals surface area contributed by atoms with E-state index >= 15 is 0 Å². The predicted octanol–water partition coefficient (Wildman–Crippen LogP) is 6.16. The van der Waals surface area contributed by atoms with Crippen LogP contribution in [0.25, 0.3) is 0 Å². The van der Waals surface area contributed by atoms with Crippen LogP contribution in [-0.4, -0.2) is 44.0 Å². The number of aromatic nitrogens is 2. The van der Waals surface area contributed by atoms with E-state index < -0.39 is 71.8 Å². The second kappa shape index (κ2) is 12.3. The van der Waals surface area contributed by atoms with Gasteiger partial charge in [0.1, 0.15) is 11.6 Å². The molecule has 1 aromatic heterocycles. The molecule has 13 heteroatoms. The van der Waals surface area contributed by atoms with Crippen molar-refractivity contribution < 1.29 is 41.4 Å². The first-order chi connectivity index (χ1) is 19.8. The van der Waals surface area contributed by atoms with Crippen LogP contribution in [0.4, 0.5) is 22.0 Å². The van der Waals surface area contributed by atoms with E-state index in [9.17, 15) is 41.4 Å². The van der Waals surface area contributed by atoms with Crippen molar-refractivity contribution in [1.29, 1.82) is 0 Å². The number of hydrogen-bond acceptors (Lipinski definition) is 4. The maximum atomic E-state index is 14.4. The summed E-state index contributed by atoms with van der Waals surface area (Å²) in [7, 11) is 0. The van der Waals surface area contributed by atoms with E-state index in [0.717, 1.165) is 18.3 Å². The molecule has 1 amide bonds. The van der Waals surface area contributed by atoms with Crippen molar-refractivity contribution >= 4 is 29.3 Å². The quantitative estimate of drug-likeness (QED) is 0.188. The van der Waals surface area contributed by atoms with Crippen LogP contribution >= 0.6 is 11.6 Å². The van der Waals surface area contributed by atoms with E-state index in [1.807, 2.05) is 0 Å². The first-order valence-corrected chi connectivity index (χ1v) is 13.1. The fourth-order valence-electron chi connectivity index (χ4n) is 5.12. The number of rotatable bonds is 8. The van der Waals surface area contributed by atoms with E-state index in [-0.39, 0.29) is 47.4 Å². The Kier molecular flexibility index (Phi) is 9.01. The van der Waals surface area contributed by atoms with Crippen molar-refractivity contribution in [2.75, 3.05) is 6.54 Å². The average Bonchev–Trinajstić information content (AvgIpc) is 3.37. The standard InChI is InChI=1S/C29H23ClF5N3O4/c1-2-17-4-3-5-23(30)25(17)24(39)15-37(14-16-10-19(31)12-20(32)11-16)27(40)22-13-36-38(26(22)29(33,34)35)21-8-6-18(7-9-21)28(41)42/h1,3-5,10-13,18,21H,6-9,14-15H2,(H,41,42). The van der Waals surface area contributed by atoms with Crippen molar-refractivity contribution in [2.45, 2.75) is 44.4 Å². The zero-order valence-electron chi connectivity index (χ0n) is 21.8. The van der Waals surface area contributed by atoms with Crippen molar-refractivity contribution in [3.05, 3.63) is 87.2 Å². The van der Waals surface area contributed by atoms with E-state index in [2.05, 4.69) is 11.0 Å². The van der Waals surface area contributed by atoms with E-state index in [1.165, 1.54) is 18.2 Å². The Labute approximate surface area is 241 Å². The fraction of sp³-hybridized carbons (Fsp3) is 0.310. The van der Waals surface area contributed by atoms with Gasteiger partial charge in [0, 0.05) is 18.2 Å². The summed E-state index contributed by atoms with van der Waals surface area (Å²) in [5.74, 6) is -3.53. The number of aliphatic carboxylic acids is 1. The molecule has 220 valence electrons. The number of carbonyl (C=O) groups is 3. The fourth-order valence-corrected chi connectivity index (χ4v) is 5.40. The van der Waals surface area contributed by atoms with E-state index in [1.54, 1.807) is 0 Å². The maximum absolute atomic E-state index is 14.4. The molecule has 0 radical (unpaired) electrons. The minimum absolute atomic E-state index is 0.0552. The first-order valence-electron chi connectivity index (χ1n) is 12.7. The topological polar surface area (TPSA) is 92.5 Å². The van der Waals surface area contributed by atoms with Gasteiger partial charge in [-0.1, -0.05) is 23.6 Å². The minimum Gasteiger partial charge on any atom is -0.481 e. The summed E-state index contributed by atoms with van der Waals surface area (Å²) in [5, 5.41) is 13.0. The average molecular weight is 608 g/mol. The molecule has 1 aliphatic carbocycles. The third kappa shape index (κ3) is 6.62. The summed E-state index contributed by atoms with van der Waals surface area (Å²) >= 11 is 6.17. The van der Waals surface area contributed by atoms with E-state index in [0.29, 0.717) is 15.6 Å². The smallest absolute Gasteiger partial charge is 0.433 e. The van der Waals surface area contributed by atoms with Gasteiger partial charge in [-0.05, 0) is 55.5 Å². The molecule has 1 N–H and O–H groups in total. The SMILES string of the molecule is C#Cc1cccc(Cl)c1C(=O)CN(Cc1cc(F)cc(F)c1)C(=O)c1cnn(C2CCC(C(=O)O)CC2)c1C(F)(F)F. The number of alkyl halides is 3. The van der Waals surface area contributed by atoms with Crippen LogP contribution in [0.2, 0.25) is 5.02 Å². The Morgan fingerprint density at radius 1 is 1.10 bits per heavy atom. The molecule has 3 aromatic rings. The van der Waals surface area contributed by atoms with Gasteiger partial charge in [-0.15, -0.1) is 6.42 Å². The van der Waals surface area contributed by atoms with Crippen molar-refractivity contribution in [3.63, 3.8) is 0 Å². The second-order valence-electron chi connectivity index (χ2n) is 9.86. The highest BCUT2D eigenvalue weighted by Gasteiger charge is 2.43. The lowest BCUT2D eigenvalue weighted by Gasteiger charge is -2.28. The van der Waals surface area contributed by atoms with Crippen LogP contribution in [0, 0.1) is 29.9 Å². The molecule has 4 rings (SSSR count). The molecule has 7 nitrogen and oxygen atoms in total. The predicted molar refractivity (Wildman–Crippen MR) is 141 cm³/mol. The normalized spacial score (nSPS) is 17.0. The van der Waals surface area contributed by atoms with Gasteiger partial charge in [-0.25, -0.2) is 8.78 Å². The lowest BCUT2D eigenvalue weighted by Crippen LogP contribution is -2.37. The Hall–Kier alpha value is -4.24. The summed E-state index contributed by atoms with van der Waals surface area (Å²) in [6.07, 6.45) is 1.55. The molecule has 2 aromatic carbocycles. The highest BCUT2D eigenvalue weighted by molar-refractivity contribution is 6.34. The molecule has 1 aliphatic rings. The number of halogens is 6. The van der Waals surface area contributed by atoms with Crippen LogP contribution in [0.5, 0.6) is 0 Å². The third-order valence-electron chi connectivity index (χ3n) is 7.05. The summed E-state index contributed by atoms with van der Waals surface area (Å²) in [4.78, 5) is 39.0. The van der Waals surface area contributed by atoms with Gasteiger partial charge in [0.2, 0.25) is 0 Å². The summed E-state index contributed by atoms with van der Waals surface area (Å²) in [6, 6.07) is 5.78. The number of carboxylic acids is 1. The Bertz CT molecular complexity index is 1550. The van der Waals surface area contributed by atoms with Crippen molar-refractivity contribution in [1.82, 2.24) is 14.7 Å². The number of nitrogens with zero attached hydrogens (tertiary/aromatic N) is 3. The van der Waals surface area contributed by atoms with Crippen molar-refractivity contribution in [3.8, 4) is 12.3 Å². The van der Waals surface area contributed by atoms with Crippen molar-refractivity contribution in [2.24, 2.45) is 5.92 Å². The number of benzene rings is 2. The molecule has 42 heavy (non-hydrogen) atoms. The van der Waals surface area contributed by atoms with Crippen LogP contribution < -0.4 is 0 Å². The number of amides is 1. The second-order valence-corrected chi connectivity index (χ2v) is 10.3. The Balaban J connectivity index is 1.74. The van der Waals surface area contributed by atoms with Gasteiger partial charge in [0.05, 0.1) is 40.9 Å². The highest BCUT2D eigenvalue weighted by Crippen LogP contribution is 2.39. The van der Waals surface area contributed by atoms with E-state index in [4.69, 9.17) is 18.0 Å². The Morgan fingerprint density at radius 3 is 2.31 bits per heavy atom. The van der Waals surface area contributed by atoms with Crippen LogP contribution in [0.15, 0.2) is 42.6 Å². The van der Waals surface area contributed by atoms with Gasteiger partial charge >= 0.3 is 12.1 Å². The van der Waals surface area contributed by atoms with Gasteiger partial charge in [-0.3, -0.25) is 19.1 Å². The lowest BCUT2D eigenvalue weighted by atomic mass is 9.86. The lowest BCUT2D eigenvalue weighted by molar-refractivity contribution is -0.147. The summed E-state index contributed by atoms with van der Waals surface area (Å²) in [6.45, 7) is -1.47. The molecule has 1 saturated carbocycles. The number of carboxylic acid groups (broad SMARTS) is 1. The molecule has 0 unspecified atom stereocenters. The van der Waals surface area contributed by atoms with Gasteiger partial charge in [0.25, 0.3) is 5.91 Å². The zero-order chi connectivity index (χ0) is 30.8. The van der Waals surface area contributed by atoms with Crippen LogP contribution in [0.1, 0.15) is 69.3 Å². The summed E-state index contributed by atoms with van der Waals surface area (Å²) in [5.41, 5.74) is -2.46. The molecular weight excluding hydrogens is 585 g/mol. The molecule has 0 spiro atoms. The molecule has 0 saturated heterocycles. The number of ketones is 1. The van der Waals surface area contributed by atoms with Gasteiger partial charge < -0.3 is 10.0 Å². The minimum atomic E-state index is -5.06. The zero-order valence-corrected chi connectivity index (χ0v) is 22.6. The number of hydrogen-bond donors (Lipinski definition) is 1. The molecular formula is C29H23ClF5N3O4. The van der Waals surface area contributed by atoms with Crippen LogP contribution in [0.3, 0.4) is 0 Å². The molecule has 0 atom stereocenters. The number of carbonyl (C=O) groups excluding carboxylic acids is 2. The van der Waals surface area contributed by atoms with Gasteiger partial charge in [-0.2, -0.15) is 18.3 Å². The Morgan fingerprint density at radius 2 is 1.74 bits per heavy atom. The summed E-state index contributed by atoms with van der Waals surface area (Å²) < 4.78 is 71.8. The molecule has 1 fully saturated rings. The monoisotopic (exact) mass is 607 g/mol. The number of Topliss-reactive ketones (excluding diaryl/α,β-unsaturated/α-hetero) is 1. The maximum Gasteiger partial charge on any atom is 0.433 e. The highest BCUT2D eigenvalue weighted by atomic mass is 35.5. The largest absolute Gasteiger partial charge is 0.481 e. The molecule has 1 heterocycles. The number of terminal acetylenes is 1.